The number of benzene rings is 2. The summed E-state index contributed by atoms with van der Waals surface area (Å²) in [5.74, 6) is -0.487. The molecule has 0 radical (unpaired) electrons. The number of hydrogen-bond donors (Lipinski definition) is 2. The van der Waals surface area contributed by atoms with Crippen molar-refractivity contribution >= 4 is 29.4 Å². The van der Waals surface area contributed by atoms with Crippen LogP contribution in [0.5, 0.6) is 0 Å². The molecule has 1 amide bonds. The minimum absolute atomic E-state index is 0.0297. The quantitative estimate of drug-likeness (QED) is 0.407. The third-order valence-corrected chi connectivity index (χ3v) is 3.76. The number of carbonyl (C=O) groups excluding carboxylic acids is 1. The van der Waals surface area contributed by atoms with Crippen LogP contribution in [-0.2, 0) is 0 Å². The summed E-state index contributed by atoms with van der Waals surface area (Å²) in [4.78, 5) is 22.4. The third kappa shape index (κ3) is 3.93. The second kappa shape index (κ2) is 7.58. The zero-order valence-electron chi connectivity index (χ0n) is 13.2. The Bertz CT molecular complexity index is 985. The molecular formula is C17H12ClN5O3. The first-order valence-electron chi connectivity index (χ1n) is 7.43. The fourth-order valence-electron chi connectivity index (χ4n) is 2.17. The maximum absolute atomic E-state index is 12.1. The Morgan fingerprint density at radius 1 is 1.23 bits per heavy atom. The van der Waals surface area contributed by atoms with Gasteiger partial charge in [-0.1, -0.05) is 48.0 Å². The number of halogens is 1. The Morgan fingerprint density at radius 2 is 2.00 bits per heavy atom. The fraction of sp³-hybridized carbons (Fsp3) is 0. The smallest absolute Gasteiger partial charge is 0.272 e. The van der Waals surface area contributed by atoms with E-state index in [1.54, 1.807) is 12.1 Å². The molecule has 2 N–H and O–H groups in total. The molecule has 3 aromatic rings. The number of rotatable bonds is 5. The maximum atomic E-state index is 12.1. The number of aromatic nitrogens is 2. The lowest BCUT2D eigenvalue weighted by Gasteiger charge is -1.98. The third-order valence-electron chi connectivity index (χ3n) is 3.44. The zero-order valence-corrected chi connectivity index (χ0v) is 14.0. The van der Waals surface area contributed by atoms with Crippen LogP contribution >= 0.6 is 11.6 Å². The van der Waals surface area contributed by atoms with Crippen LogP contribution in [0.1, 0.15) is 16.1 Å². The number of aromatic amines is 1. The van der Waals surface area contributed by atoms with E-state index in [4.69, 9.17) is 11.6 Å². The molecule has 0 aliphatic carbocycles. The van der Waals surface area contributed by atoms with Gasteiger partial charge in [0.1, 0.15) is 10.7 Å². The summed E-state index contributed by atoms with van der Waals surface area (Å²) >= 11 is 5.74. The molecule has 130 valence electrons. The molecule has 0 aliphatic rings. The fourth-order valence-corrected chi connectivity index (χ4v) is 2.36. The molecule has 0 spiro atoms. The number of hydrazone groups is 1. The van der Waals surface area contributed by atoms with Crippen LogP contribution in [0, 0.1) is 10.1 Å². The van der Waals surface area contributed by atoms with Crippen LogP contribution in [-0.4, -0.2) is 27.2 Å². The van der Waals surface area contributed by atoms with Crippen molar-refractivity contribution in [1.82, 2.24) is 15.6 Å². The SMILES string of the molecule is O=C(N/N=C/c1ccc(Cl)c([N+](=O)[O-])c1)c1cc(-c2ccccc2)n[nH]1. The van der Waals surface area contributed by atoms with Gasteiger partial charge in [0.15, 0.2) is 0 Å². The Morgan fingerprint density at radius 3 is 2.73 bits per heavy atom. The highest BCUT2D eigenvalue weighted by molar-refractivity contribution is 6.32. The van der Waals surface area contributed by atoms with E-state index in [9.17, 15) is 14.9 Å². The topological polar surface area (TPSA) is 113 Å². The van der Waals surface area contributed by atoms with E-state index < -0.39 is 10.8 Å². The highest BCUT2D eigenvalue weighted by Crippen LogP contribution is 2.24. The molecule has 0 saturated heterocycles. The number of carbonyl (C=O) groups is 1. The summed E-state index contributed by atoms with van der Waals surface area (Å²) in [5.41, 5.74) is 4.27. The minimum Gasteiger partial charge on any atom is -0.272 e. The molecule has 9 heteroatoms. The number of nitro benzene ring substituents is 1. The molecule has 1 aromatic heterocycles. The lowest BCUT2D eigenvalue weighted by molar-refractivity contribution is -0.384. The zero-order chi connectivity index (χ0) is 18.5. The van der Waals surface area contributed by atoms with Crippen molar-refractivity contribution < 1.29 is 9.72 Å². The second-order valence-corrected chi connectivity index (χ2v) is 5.61. The monoisotopic (exact) mass is 369 g/mol. The van der Waals surface area contributed by atoms with Crippen molar-refractivity contribution in [2.75, 3.05) is 0 Å². The molecule has 0 saturated carbocycles. The second-order valence-electron chi connectivity index (χ2n) is 5.20. The van der Waals surface area contributed by atoms with Crippen LogP contribution in [0.3, 0.4) is 0 Å². The Kier molecular flexibility index (Phi) is 5.04. The van der Waals surface area contributed by atoms with Gasteiger partial charge in [-0.3, -0.25) is 20.0 Å². The van der Waals surface area contributed by atoms with E-state index in [0.29, 0.717) is 11.3 Å². The molecule has 0 bridgehead atoms. The van der Waals surface area contributed by atoms with Gasteiger partial charge < -0.3 is 0 Å². The highest BCUT2D eigenvalue weighted by atomic mass is 35.5. The summed E-state index contributed by atoms with van der Waals surface area (Å²) in [5, 5.41) is 21.4. The van der Waals surface area contributed by atoms with Crippen molar-refractivity contribution in [2.24, 2.45) is 5.10 Å². The molecule has 26 heavy (non-hydrogen) atoms. The Labute approximate surface area is 152 Å². The molecule has 0 unspecified atom stereocenters. The average molecular weight is 370 g/mol. The van der Waals surface area contributed by atoms with Crippen molar-refractivity contribution in [2.45, 2.75) is 0 Å². The summed E-state index contributed by atoms with van der Waals surface area (Å²) in [6.45, 7) is 0. The summed E-state index contributed by atoms with van der Waals surface area (Å²) in [6.07, 6.45) is 1.29. The number of nitrogens with zero attached hydrogens (tertiary/aromatic N) is 3. The number of amides is 1. The average Bonchev–Trinajstić information content (AvgIpc) is 3.14. The summed E-state index contributed by atoms with van der Waals surface area (Å²) < 4.78 is 0. The van der Waals surface area contributed by atoms with Crippen LogP contribution in [0.15, 0.2) is 59.7 Å². The van der Waals surface area contributed by atoms with Crippen LogP contribution in [0.25, 0.3) is 11.3 Å². The largest absolute Gasteiger partial charge is 0.289 e. The first-order valence-corrected chi connectivity index (χ1v) is 7.80. The Balaban J connectivity index is 1.68. The van der Waals surface area contributed by atoms with E-state index >= 15 is 0 Å². The predicted molar refractivity (Wildman–Crippen MR) is 97.2 cm³/mol. The molecule has 3 rings (SSSR count). The lowest BCUT2D eigenvalue weighted by Crippen LogP contribution is -2.18. The molecular weight excluding hydrogens is 358 g/mol. The molecule has 0 fully saturated rings. The van der Waals surface area contributed by atoms with E-state index in [2.05, 4.69) is 20.7 Å². The predicted octanol–water partition coefficient (Wildman–Crippen LogP) is 3.40. The van der Waals surface area contributed by atoms with Gasteiger partial charge in [0, 0.05) is 17.2 Å². The minimum atomic E-state index is -0.589. The van der Waals surface area contributed by atoms with Gasteiger partial charge in [0.25, 0.3) is 11.6 Å². The van der Waals surface area contributed by atoms with E-state index in [1.807, 2.05) is 30.3 Å². The van der Waals surface area contributed by atoms with Gasteiger partial charge in [0.2, 0.25) is 0 Å². The molecule has 2 aromatic carbocycles. The van der Waals surface area contributed by atoms with E-state index in [0.717, 1.165) is 5.56 Å². The van der Waals surface area contributed by atoms with Crippen molar-refractivity contribution in [3.63, 3.8) is 0 Å². The summed E-state index contributed by atoms with van der Waals surface area (Å²) in [7, 11) is 0. The lowest BCUT2D eigenvalue weighted by atomic mass is 10.1. The standard InChI is InChI=1S/C17H12ClN5O3/c18-13-7-6-11(8-16(13)23(25)26)10-19-22-17(24)15-9-14(20-21-15)12-4-2-1-3-5-12/h1-10H,(H,20,21)(H,22,24)/b19-10+. The van der Waals surface area contributed by atoms with Crippen LogP contribution < -0.4 is 5.43 Å². The summed E-state index contributed by atoms with van der Waals surface area (Å²) in [6, 6.07) is 15.2. The van der Waals surface area contributed by atoms with Gasteiger partial charge in [-0.15, -0.1) is 0 Å². The van der Waals surface area contributed by atoms with E-state index in [-0.39, 0.29) is 16.4 Å². The van der Waals surface area contributed by atoms with Crippen LogP contribution in [0.4, 0.5) is 5.69 Å². The maximum Gasteiger partial charge on any atom is 0.289 e. The van der Waals surface area contributed by atoms with Gasteiger partial charge in [-0.25, -0.2) is 5.43 Å². The van der Waals surface area contributed by atoms with Crippen LogP contribution in [0.2, 0.25) is 5.02 Å². The Hall–Kier alpha value is -3.52. The number of nitrogens with one attached hydrogen (secondary N) is 2. The molecule has 8 nitrogen and oxygen atoms in total. The molecule has 1 heterocycles. The first-order chi connectivity index (χ1) is 12.5. The van der Waals surface area contributed by atoms with Crippen molar-refractivity contribution in [3.8, 4) is 11.3 Å². The van der Waals surface area contributed by atoms with Gasteiger partial charge in [0.05, 0.1) is 16.8 Å². The number of hydrogen-bond acceptors (Lipinski definition) is 5. The highest BCUT2D eigenvalue weighted by Gasteiger charge is 2.12. The normalized spacial score (nSPS) is 10.8. The number of H-pyrrole nitrogens is 1. The van der Waals surface area contributed by atoms with Crippen molar-refractivity contribution in [3.05, 3.63) is 81.0 Å². The van der Waals surface area contributed by atoms with E-state index in [1.165, 1.54) is 18.3 Å². The first kappa shape index (κ1) is 17.3. The molecule has 0 aliphatic heterocycles. The number of nitro groups is 1. The van der Waals surface area contributed by atoms with Crippen molar-refractivity contribution in [1.29, 1.82) is 0 Å². The van der Waals surface area contributed by atoms with Gasteiger partial charge in [-0.05, 0) is 12.1 Å². The van der Waals surface area contributed by atoms with Gasteiger partial charge >= 0.3 is 0 Å². The molecule has 0 atom stereocenters. The van der Waals surface area contributed by atoms with Gasteiger partial charge in [-0.2, -0.15) is 10.2 Å².